The highest BCUT2D eigenvalue weighted by Gasteiger charge is 2.15. The second-order valence-corrected chi connectivity index (χ2v) is 3.74. The van der Waals surface area contributed by atoms with Crippen LogP contribution in [0.5, 0.6) is 5.75 Å². The monoisotopic (exact) mass is 256 g/mol. The second kappa shape index (κ2) is 5.63. The third-order valence-electron chi connectivity index (χ3n) is 2.49. The van der Waals surface area contributed by atoms with E-state index in [0.717, 1.165) is 0 Å². The van der Waals surface area contributed by atoms with Gasteiger partial charge in [0.1, 0.15) is 5.82 Å². The van der Waals surface area contributed by atoms with Crippen LogP contribution in [-0.4, -0.2) is 49.0 Å². The maximum absolute atomic E-state index is 13.6. The fraction of sp³-hybridized carbons (Fsp3) is 0.455. The van der Waals surface area contributed by atoms with Gasteiger partial charge in [0.25, 0.3) is 5.95 Å². The molecule has 1 aromatic rings. The standard InChI is InChI=1S/C11H13FN2O4/c12-11-8(18-7-10(15)16)1-2-9(13-11)14-3-5-17-6-4-14/h1-2H,3-7H2,(H,15,16). The number of hydrogen-bond donors (Lipinski definition) is 1. The van der Waals surface area contributed by atoms with Crippen molar-refractivity contribution in [1.82, 2.24) is 4.98 Å². The first-order valence-electron chi connectivity index (χ1n) is 5.50. The molecule has 0 radical (unpaired) electrons. The smallest absolute Gasteiger partial charge is 0.341 e. The zero-order valence-corrected chi connectivity index (χ0v) is 9.63. The van der Waals surface area contributed by atoms with Gasteiger partial charge in [-0.2, -0.15) is 9.37 Å². The highest BCUT2D eigenvalue weighted by Crippen LogP contribution is 2.20. The van der Waals surface area contributed by atoms with Crippen LogP contribution in [0.4, 0.5) is 10.2 Å². The van der Waals surface area contributed by atoms with Crippen molar-refractivity contribution in [2.24, 2.45) is 0 Å². The normalized spacial score (nSPS) is 15.5. The lowest BCUT2D eigenvalue weighted by atomic mass is 10.3. The zero-order valence-electron chi connectivity index (χ0n) is 9.63. The lowest BCUT2D eigenvalue weighted by molar-refractivity contribution is -0.139. The molecule has 1 aliphatic rings. The van der Waals surface area contributed by atoms with Gasteiger partial charge < -0.3 is 19.5 Å². The summed E-state index contributed by atoms with van der Waals surface area (Å²) in [4.78, 5) is 16.0. The van der Waals surface area contributed by atoms with E-state index in [4.69, 9.17) is 14.6 Å². The van der Waals surface area contributed by atoms with E-state index in [1.54, 1.807) is 6.07 Å². The number of halogens is 1. The van der Waals surface area contributed by atoms with Gasteiger partial charge in [-0.15, -0.1) is 0 Å². The van der Waals surface area contributed by atoms with E-state index in [2.05, 4.69) is 4.98 Å². The number of carboxylic acids is 1. The van der Waals surface area contributed by atoms with Crippen LogP contribution in [0.25, 0.3) is 0 Å². The summed E-state index contributed by atoms with van der Waals surface area (Å²) >= 11 is 0. The van der Waals surface area contributed by atoms with Crippen LogP contribution in [0, 0.1) is 5.95 Å². The molecule has 0 unspecified atom stereocenters. The van der Waals surface area contributed by atoms with E-state index in [0.29, 0.717) is 32.1 Å². The molecule has 1 N–H and O–H groups in total. The summed E-state index contributed by atoms with van der Waals surface area (Å²) in [6, 6.07) is 2.99. The SMILES string of the molecule is O=C(O)COc1ccc(N2CCOCC2)nc1F. The van der Waals surface area contributed by atoms with Gasteiger partial charge >= 0.3 is 5.97 Å². The molecule has 0 saturated carbocycles. The van der Waals surface area contributed by atoms with Crippen LogP contribution in [0.3, 0.4) is 0 Å². The maximum Gasteiger partial charge on any atom is 0.341 e. The van der Waals surface area contributed by atoms with E-state index in [1.165, 1.54) is 6.07 Å². The Balaban J connectivity index is 2.06. The summed E-state index contributed by atoms with van der Waals surface area (Å²) in [7, 11) is 0. The molecule has 7 heteroatoms. The first-order chi connectivity index (χ1) is 8.66. The van der Waals surface area contributed by atoms with E-state index in [-0.39, 0.29) is 5.75 Å². The molecule has 6 nitrogen and oxygen atoms in total. The molecule has 2 rings (SSSR count). The maximum atomic E-state index is 13.6. The minimum absolute atomic E-state index is 0.158. The van der Waals surface area contributed by atoms with Crippen LogP contribution in [-0.2, 0) is 9.53 Å². The average Bonchev–Trinajstić information content (AvgIpc) is 2.38. The fourth-order valence-electron chi connectivity index (χ4n) is 1.63. The number of carboxylic acid groups (broad SMARTS) is 1. The van der Waals surface area contributed by atoms with Crippen molar-refractivity contribution < 1.29 is 23.8 Å². The molecule has 0 spiro atoms. The van der Waals surface area contributed by atoms with Gasteiger partial charge in [0.05, 0.1) is 13.2 Å². The number of hydrogen-bond acceptors (Lipinski definition) is 5. The Hall–Kier alpha value is -1.89. The Labute approximate surface area is 103 Å². The lowest BCUT2D eigenvalue weighted by Crippen LogP contribution is -2.36. The number of anilines is 1. The van der Waals surface area contributed by atoms with E-state index in [9.17, 15) is 9.18 Å². The number of rotatable bonds is 4. The Kier molecular flexibility index (Phi) is 3.93. The summed E-state index contributed by atoms with van der Waals surface area (Å²) in [6.45, 7) is 1.89. The van der Waals surface area contributed by atoms with Crippen molar-refractivity contribution in [2.75, 3.05) is 37.8 Å². The first-order valence-corrected chi connectivity index (χ1v) is 5.50. The summed E-state index contributed by atoms with van der Waals surface area (Å²) in [5.41, 5.74) is 0. The highest BCUT2D eigenvalue weighted by molar-refractivity contribution is 5.68. The first kappa shape index (κ1) is 12.6. The summed E-state index contributed by atoms with van der Waals surface area (Å²) in [5, 5.41) is 8.43. The van der Waals surface area contributed by atoms with Gasteiger partial charge in [-0.3, -0.25) is 0 Å². The molecule has 0 bridgehead atoms. The van der Waals surface area contributed by atoms with Crippen LogP contribution in [0.15, 0.2) is 12.1 Å². The van der Waals surface area contributed by atoms with Gasteiger partial charge in [0.15, 0.2) is 12.4 Å². The van der Waals surface area contributed by atoms with Crippen LogP contribution in [0.1, 0.15) is 0 Å². The summed E-state index contributed by atoms with van der Waals surface area (Å²) in [5.74, 6) is -1.63. The Morgan fingerprint density at radius 1 is 1.50 bits per heavy atom. The van der Waals surface area contributed by atoms with Crippen molar-refractivity contribution in [3.63, 3.8) is 0 Å². The third kappa shape index (κ3) is 3.07. The van der Waals surface area contributed by atoms with Gasteiger partial charge in [-0.25, -0.2) is 4.79 Å². The number of carbonyl (C=O) groups is 1. The number of ether oxygens (including phenoxy) is 2. The molecule has 1 saturated heterocycles. The zero-order chi connectivity index (χ0) is 13.0. The topological polar surface area (TPSA) is 71.9 Å². The minimum atomic E-state index is -1.16. The molecule has 1 aliphatic heterocycles. The number of nitrogens with zero attached hydrogens (tertiary/aromatic N) is 2. The molecule has 18 heavy (non-hydrogen) atoms. The predicted molar refractivity (Wildman–Crippen MR) is 60.4 cm³/mol. The van der Waals surface area contributed by atoms with Crippen LogP contribution < -0.4 is 9.64 Å². The van der Waals surface area contributed by atoms with Crippen LogP contribution >= 0.6 is 0 Å². The predicted octanol–water partition coefficient (Wildman–Crippen LogP) is 0.521. The number of morpholine rings is 1. The quantitative estimate of drug-likeness (QED) is 0.792. The van der Waals surface area contributed by atoms with Crippen molar-refractivity contribution in [3.05, 3.63) is 18.1 Å². The lowest BCUT2D eigenvalue weighted by Gasteiger charge is -2.27. The van der Waals surface area contributed by atoms with Gasteiger partial charge in [-0.1, -0.05) is 0 Å². The van der Waals surface area contributed by atoms with Crippen LogP contribution in [0.2, 0.25) is 0 Å². The molecule has 0 aliphatic carbocycles. The summed E-state index contributed by atoms with van der Waals surface area (Å²) < 4.78 is 23.5. The van der Waals surface area contributed by atoms with Crippen molar-refractivity contribution in [3.8, 4) is 5.75 Å². The van der Waals surface area contributed by atoms with Gasteiger partial charge in [0.2, 0.25) is 0 Å². The van der Waals surface area contributed by atoms with Crippen molar-refractivity contribution >= 4 is 11.8 Å². The molecule has 2 heterocycles. The fourth-order valence-corrected chi connectivity index (χ4v) is 1.63. The number of aromatic nitrogens is 1. The molecule has 1 aromatic heterocycles. The van der Waals surface area contributed by atoms with Crippen molar-refractivity contribution in [2.45, 2.75) is 0 Å². The van der Waals surface area contributed by atoms with Gasteiger partial charge in [-0.05, 0) is 12.1 Å². The molecular formula is C11H13FN2O4. The molecule has 0 aromatic carbocycles. The molecule has 0 amide bonds. The van der Waals surface area contributed by atoms with Crippen molar-refractivity contribution in [1.29, 1.82) is 0 Å². The van der Waals surface area contributed by atoms with E-state index >= 15 is 0 Å². The molecule has 1 fully saturated rings. The number of pyridine rings is 1. The van der Waals surface area contributed by atoms with Gasteiger partial charge in [0, 0.05) is 13.1 Å². The van der Waals surface area contributed by atoms with E-state index < -0.39 is 18.5 Å². The second-order valence-electron chi connectivity index (χ2n) is 3.74. The average molecular weight is 256 g/mol. The Morgan fingerprint density at radius 2 is 2.22 bits per heavy atom. The molecular weight excluding hydrogens is 243 g/mol. The van der Waals surface area contributed by atoms with E-state index in [1.807, 2.05) is 4.90 Å². The molecule has 0 atom stereocenters. The Morgan fingerprint density at radius 3 is 2.83 bits per heavy atom. The minimum Gasteiger partial charge on any atom is -0.479 e. The Bertz CT molecular complexity index is 435. The summed E-state index contributed by atoms with van der Waals surface area (Å²) in [6.07, 6.45) is 0. The molecule has 98 valence electrons. The third-order valence-corrected chi connectivity index (χ3v) is 2.49. The number of aliphatic carboxylic acids is 1. The largest absolute Gasteiger partial charge is 0.479 e. The highest BCUT2D eigenvalue weighted by atomic mass is 19.1.